The number of rotatable bonds is 4. The Labute approximate surface area is 136 Å². The Hall–Kier alpha value is -2.62. The molecule has 0 N–H and O–H groups in total. The van der Waals surface area contributed by atoms with Crippen LogP contribution in [-0.2, 0) is 0 Å². The van der Waals surface area contributed by atoms with Crippen molar-refractivity contribution in [1.29, 1.82) is 0 Å². The van der Waals surface area contributed by atoms with Gasteiger partial charge in [-0.3, -0.25) is 10.1 Å². The summed E-state index contributed by atoms with van der Waals surface area (Å²) in [4.78, 5) is 13.8. The second-order valence-corrected chi connectivity index (χ2v) is 5.73. The number of hydrogen-bond acceptors (Lipinski definition) is 3. The molecule has 2 aromatic carbocycles. The van der Waals surface area contributed by atoms with E-state index in [1.807, 2.05) is 60.7 Å². The Bertz CT molecular complexity index is 690. The van der Waals surface area contributed by atoms with Crippen LogP contribution in [0.2, 0.25) is 0 Å². The van der Waals surface area contributed by atoms with Crippen molar-refractivity contribution in [2.45, 2.75) is 19.3 Å². The molecular weight excluding hydrogens is 288 g/mol. The summed E-state index contributed by atoms with van der Waals surface area (Å²) in [6.45, 7) is 1.74. The number of hydrogen-bond donors (Lipinski definition) is 0. The first-order chi connectivity index (χ1) is 11.3. The lowest BCUT2D eigenvalue weighted by Crippen LogP contribution is -2.30. The molecule has 118 valence electrons. The Morgan fingerprint density at radius 2 is 1.35 bits per heavy atom. The van der Waals surface area contributed by atoms with Crippen molar-refractivity contribution >= 4 is 11.4 Å². The molecule has 0 atom stereocenters. The molecule has 1 heterocycles. The fourth-order valence-electron chi connectivity index (χ4n) is 3.11. The van der Waals surface area contributed by atoms with Gasteiger partial charge in [-0.15, -0.1) is 0 Å². The van der Waals surface area contributed by atoms with Gasteiger partial charge in [-0.2, -0.15) is 0 Å². The lowest BCUT2D eigenvalue weighted by molar-refractivity contribution is -0.375. The molecule has 0 radical (unpaired) electrons. The highest BCUT2D eigenvalue weighted by atomic mass is 16.6. The first kappa shape index (κ1) is 15.3. The average molecular weight is 308 g/mol. The maximum absolute atomic E-state index is 11.9. The normalized spacial score (nSPS) is 15.9. The van der Waals surface area contributed by atoms with Gasteiger partial charge in [-0.1, -0.05) is 48.5 Å². The summed E-state index contributed by atoms with van der Waals surface area (Å²) in [5, 5.41) is 11.9. The second kappa shape index (κ2) is 7.09. The quantitative estimate of drug-likeness (QED) is 0.481. The summed E-state index contributed by atoms with van der Waals surface area (Å²) in [5.41, 5.74) is 2.49. The molecule has 0 aromatic heterocycles. The number of piperidine rings is 1. The third-order valence-electron chi connectivity index (χ3n) is 4.17. The monoisotopic (exact) mass is 308 g/mol. The van der Waals surface area contributed by atoms with E-state index < -0.39 is 0 Å². The van der Waals surface area contributed by atoms with Gasteiger partial charge in [0, 0.05) is 18.7 Å². The molecule has 1 fully saturated rings. The van der Waals surface area contributed by atoms with Gasteiger partial charge in [0.1, 0.15) is 5.70 Å². The highest BCUT2D eigenvalue weighted by Crippen LogP contribution is 2.31. The van der Waals surface area contributed by atoms with Gasteiger partial charge in [0.15, 0.2) is 0 Å². The molecule has 1 saturated heterocycles. The van der Waals surface area contributed by atoms with Gasteiger partial charge >= 0.3 is 0 Å². The van der Waals surface area contributed by atoms with E-state index in [1.54, 1.807) is 0 Å². The molecule has 0 unspecified atom stereocenters. The van der Waals surface area contributed by atoms with E-state index in [0.717, 1.165) is 37.2 Å². The van der Waals surface area contributed by atoms with Gasteiger partial charge in [-0.05, 0) is 31.4 Å². The zero-order valence-electron chi connectivity index (χ0n) is 13.0. The molecule has 23 heavy (non-hydrogen) atoms. The standard InChI is InChI=1S/C19H20N2O2/c22-21(23)19(17-12-6-2-7-13-17)18(16-10-4-1-5-11-16)20-14-8-3-9-15-20/h1-2,4-7,10-13H,3,8-9,14-15H2. The van der Waals surface area contributed by atoms with E-state index in [0.29, 0.717) is 5.56 Å². The van der Waals surface area contributed by atoms with Crippen LogP contribution in [0, 0.1) is 10.1 Å². The fourth-order valence-corrected chi connectivity index (χ4v) is 3.11. The minimum atomic E-state index is -0.244. The molecule has 0 spiro atoms. The smallest absolute Gasteiger partial charge is 0.300 e. The van der Waals surface area contributed by atoms with Crippen LogP contribution in [0.25, 0.3) is 11.4 Å². The van der Waals surface area contributed by atoms with Crippen molar-refractivity contribution in [3.05, 3.63) is 81.9 Å². The van der Waals surface area contributed by atoms with Gasteiger partial charge in [0.05, 0.1) is 10.5 Å². The van der Waals surface area contributed by atoms with Crippen LogP contribution >= 0.6 is 0 Å². The summed E-state index contributed by atoms with van der Waals surface area (Å²) >= 11 is 0. The molecule has 3 rings (SSSR count). The Kier molecular flexibility index (Phi) is 4.71. The highest BCUT2D eigenvalue weighted by Gasteiger charge is 2.27. The predicted molar refractivity (Wildman–Crippen MR) is 92.1 cm³/mol. The van der Waals surface area contributed by atoms with Crippen LogP contribution < -0.4 is 0 Å². The molecule has 0 bridgehead atoms. The molecule has 4 heteroatoms. The van der Waals surface area contributed by atoms with Gasteiger partial charge in [0.25, 0.3) is 5.70 Å². The number of benzene rings is 2. The van der Waals surface area contributed by atoms with E-state index in [-0.39, 0.29) is 10.6 Å². The van der Waals surface area contributed by atoms with E-state index in [2.05, 4.69) is 4.90 Å². The average Bonchev–Trinajstić information content (AvgIpc) is 2.61. The number of nitrogens with zero attached hydrogens (tertiary/aromatic N) is 2. The predicted octanol–water partition coefficient (Wildman–Crippen LogP) is 4.28. The molecule has 1 aliphatic heterocycles. The zero-order chi connectivity index (χ0) is 16.1. The minimum absolute atomic E-state index is 0.193. The maximum atomic E-state index is 11.9. The van der Waals surface area contributed by atoms with Crippen molar-refractivity contribution in [2.75, 3.05) is 13.1 Å². The Morgan fingerprint density at radius 3 is 1.87 bits per heavy atom. The second-order valence-electron chi connectivity index (χ2n) is 5.73. The summed E-state index contributed by atoms with van der Waals surface area (Å²) in [7, 11) is 0. The van der Waals surface area contributed by atoms with Crippen LogP contribution in [0.4, 0.5) is 0 Å². The lowest BCUT2D eigenvalue weighted by atomic mass is 10.0. The van der Waals surface area contributed by atoms with Gasteiger partial charge in [0.2, 0.25) is 0 Å². The summed E-state index contributed by atoms with van der Waals surface area (Å²) in [6, 6.07) is 18.9. The van der Waals surface area contributed by atoms with E-state index in [4.69, 9.17) is 0 Å². The largest absolute Gasteiger partial charge is 0.365 e. The Balaban J connectivity index is 2.19. The third-order valence-corrected chi connectivity index (χ3v) is 4.17. The van der Waals surface area contributed by atoms with Crippen molar-refractivity contribution in [2.24, 2.45) is 0 Å². The maximum Gasteiger partial charge on any atom is 0.300 e. The lowest BCUT2D eigenvalue weighted by Gasteiger charge is -2.31. The molecule has 0 aliphatic carbocycles. The van der Waals surface area contributed by atoms with Crippen molar-refractivity contribution in [3.63, 3.8) is 0 Å². The van der Waals surface area contributed by atoms with Crippen molar-refractivity contribution in [1.82, 2.24) is 4.90 Å². The van der Waals surface area contributed by atoms with Crippen LogP contribution in [0.15, 0.2) is 60.7 Å². The van der Waals surface area contributed by atoms with Gasteiger partial charge in [-0.25, -0.2) is 0 Å². The van der Waals surface area contributed by atoms with Crippen LogP contribution in [0.5, 0.6) is 0 Å². The summed E-state index contributed by atoms with van der Waals surface area (Å²) < 4.78 is 0. The van der Waals surface area contributed by atoms with E-state index >= 15 is 0 Å². The summed E-state index contributed by atoms with van der Waals surface area (Å²) in [6.07, 6.45) is 3.35. The van der Waals surface area contributed by atoms with Crippen molar-refractivity contribution in [3.8, 4) is 0 Å². The molecule has 4 nitrogen and oxygen atoms in total. The van der Waals surface area contributed by atoms with Crippen LogP contribution in [0.1, 0.15) is 30.4 Å². The van der Waals surface area contributed by atoms with Crippen molar-refractivity contribution < 1.29 is 4.92 Å². The van der Waals surface area contributed by atoms with E-state index in [9.17, 15) is 10.1 Å². The molecule has 0 amide bonds. The molecule has 2 aromatic rings. The third kappa shape index (κ3) is 3.42. The highest BCUT2D eigenvalue weighted by molar-refractivity contribution is 5.85. The van der Waals surface area contributed by atoms with E-state index in [1.165, 1.54) is 6.42 Å². The topological polar surface area (TPSA) is 46.4 Å². The first-order valence-electron chi connectivity index (χ1n) is 8.02. The fraction of sp³-hybridized carbons (Fsp3) is 0.263. The SMILES string of the molecule is O=[N+]([O-])C(=C(c1ccccc1)N1CCCCC1)c1ccccc1. The summed E-state index contributed by atoms with van der Waals surface area (Å²) in [5.74, 6) is 0. The number of likely N-dealkylation sites (tertiary alicyclic amines) is 1. The van der Waals surface area contributed by atoms with Gasteiger partial charge < -0.3 is 4.90 Å². The molecule has 0 saturated carbocycles. The number of nitro groups is 1. The van der Waals surface area contributed by atoms with Crippen LogP contribution in [-0.4, -0.2) is 22.9 Å². The zero-order valence-corrected chi connectivity index (χ0v) is 13.0. The molecular formula is C19H20N2O2. The molecule has 1 aliphatic rings. The Morgan fingerprint density at radius 1 is 0.826 bits per heavy atom. The minimum Gasteiger partial charge on any atom is -0.365 e. The van der Waals surface area contributed by atoms with Crippen LogP contribution in [0.3, 0.4) is 0 Å². The first-order valence-corrected chi connectivity index (χ1v) is 8.02.